The van der Waals surface area contributed by atoms with Gasteiger partial charge in [0, 0.05) is 24.6 Å². The molecule has 0 aliphatic rings. The molecule has 0 atom stereocenters. The van der Waals surface area contributed by atoms with E-state index in [2.05, 4.69) is 4.98 Å². The maximum Gasteiger partial charge on any atom is 0.444 e. The molecule has 10 heteroatoms. The largest absolute Gasteiger partial charge is 0.444 e. The maximum atomic E-state index is 13.3. The fraction of sp³-hybridized carbons (Fsp3) is 0.118. The van der Waals surface area contributed by atoms with Crippen LogP contribution in [0.5, 0.6) is 0 Å². The van der Waals surface area contributed by atoms with E-state index in [1.165, 1.54) is 7.05 Å². The molecule has 6 nitrogen and oxygen atoms in total. The smallest absolute Gasteiger partial charge is 0.311 e. The average Bonchev–Trinajstić information content (AvgIpc) is 2.63. The van der Waals surface area contributed by atoms with Crippen LogP contribution in [0.3, 0.4) is 0 Å². The van der Waals surface area contributed by atoms with E-state index in [0.717, 1.165) is 9.04 Å². The van der Waals surface area contributed by atoms with Gasteiger partial charge in [0.1, 0.15) is 0 Å². The van der Waals surface area contributed by atoms with Crippen LogP contribution in [0.2, 0.25) is 0 Å². The van der Waals surface area contributed by atoms with Crippen LogP contribution >= 0.6 is 35.1 Å². The van der Waals surface area contributed by atoms with E-state index in [9.17, 15) is 14.0 Å². The Morgan fingerprint density at radius 1 is 1.19 bits per heavy atom. The molecule has 1 amide bonds. The highest BCUT2D eigenvalue weighted by Crippen LogP contribution is 2.37. The Kier molecular flexibility index (Phi) is 5.59. The Hall–Kier alpha value is -2.29. The van der Waals surface area contributed by atoms with Crippen LogP contribution in [0.1, 0.15) is 0 Å². The summed E-state index contributed by atoms with van der Waals surface area (Å²) in [5.41, 5.74) is 0.410. The highest BCUT2D eigenvalue weighted by Gasteiger charge is 2.30. The molecule has 27 heavy (non-hydrogen) atoms. The summed E-state index contributed by atoms with van der Waals surface area (Å²) in [6.45, 7) is 0. The summed E-state index contributed by atoms with van der Waals surface area (Å²) < 4.78 is 12.1. The number of carbonyl (C=O) groups is 1. The zero-order valence-electron chi connectivity index (χ0n) is 13.8. The number of halogens is 3. The van der Waals surface area contributed by atoms with E-state index in [1.807, 2.05) is 0 Å². The van der Waals surface area contributed by atoms with Crippen LogP contribution in [0.4, 0.5) is 9.18 Å². The standard InChI is InChI=1S/C17H12Cl2FN3O3S/c1-22(27-17(18,19)20)16(25)26-23-14(11-7-3-2-4-8-11)21-13-10-6-5-9-12(13)15(23)24/h2-10H,1H3. The summed E-state index contributed by atoms with van der Waals surface area (Å²) in [4.78, 5) is 34.7. The number of fused-ring (bicyclic) bond motifs is 1. The lowest BCUT2D eigenvalue weighted by atomic mass is 10.2. The first-order valence-electron chi connectivity index (χ1n) is 7.55. The Labute approximate surface area is 167 Å². The molecule has 0 unspecified atom stereocenters. The van der Waals surface area contributed by atoms with Crippen molar-refractivity contribution in [2.24, 2.45) is 0 Å². The van der Waals surface area contributed by atoms with Crippen LogP contribution in [0.25, 0.3) is 22.3 Å². The monoisotopic (exact) mass is 427 g/mol. The van der Waals surface area contributed by atoms with Gasteiger partial charge in [0.25, 0.3) is 5.56 Å². The number of carbonyl (C=O) groups excluding carboxylic acids is 1. The topological polar surface area (TPSA) is 64.4 Å². The fourth-order valence-electron chi connectivity index (χ4n) is 2.30. The van der Waals surface area contributed by atoms with Crippen molar-refractivity contribution >= 4 is 52.1 Å². The van der Waals surface area contributed by atoms with Crippen molar-refractivity contribution in [2.45, 2.75) is 3.92 Å². The Bertz CT molecular complexity index is 1040. The molecule has 3 rings (SSSR count). The van der Waals surface area contributed by atoms with Gasteiger partial charge in [-0.15, -0.1) is 4.73 Å². The third kappa shape index (κ3) is 4.52. The minimum absolute atomic E-state index is 0.120. The van der Waals surface area contributed by atoms with E-state index in [0.29, 0.717) is 11.1 Å². The fourth-order valence-corrected chi connectivity index (χ4v) is 3.34. The van der Waals surface area contributed by atoms with Crippen molar-refractivity contribution in [1.29, 1.82) is 0 Å². The highest BCUT2D eigenvalue weighted by atomic mass is 35.5. The number of hydrogen-bond acceptors (Lipinski definition) is 5. The molecule has 0 fully saturated rings. The molecule has 0 radical (unpaired) electrons. The lowest BCUT2D eigenvalue weighted by molar-refractivity contribution is 0.117. The summed E-state index contributed by atoms with van der Waals surface area (Å²) in [6, 6.07) is 15.4. The first-order valence-corrected chi connectivity index (χ1v) is 9.08. The number of rotatable bonds is 4. The highest BCUT2D eigenvalue weighted by molar-refractivity contribution is 8.01. The lowest BCUT2D eigenvalue weighted by Gasteiger charge is -2.19. The molecule has 2 aromatic carbocycles. The molecular formula is C17H12Cl2FN3O3S. The first kappa shape index (κ1) is 19.5. The van der Waals surface area contributed by atoms with Gasteiger partial charge in [-0.2, -0.15) is 4.39 Å². The van der Waals surface area contributed by atoms with E-state index in [4.69, 9.17) is 28.0 Å². The van der Waals surface area contributed by atoms with Crippen molar-refractivity contribution in [3.8, 4) is 11.4 Å². The molecular weight excluding hydrogens is 416 g/mol. The molecule has 0 spiro atoms. The number of benzene rings is 2. The van der Waals surface area contributed by atoms with E-state index in [1.54, 1.807) is 54.6 Å². The summed E-state index contributed by atoms with van der Waals surface area (Å²) in [7, 11) is 1.20. The van der Waals surface area contributed by atoms with Crippen molar-refractivity contribution in [3.63, 3.8) is 0 Å². The lowest BCUT2D eigenvalue weighted by Crippen LogP contribution is -2.38. The van der Waals surface area contributed by atoms with Crippen LogP contribution in [-0.2, 0) is 0 Å². The normalized spacial score (nSPS) is 11.4. The minimum Gasteiger partial charge on any atom is -0.311 e. The molecule has 0 saturated carbocycles. The van der Waals surface area contributed by atoms with Gasteiger partial charge in [-0.25, -0.2) is 14.1 Å². The van der Waals surface area contributed by atoms with Gasteiger partial charge in [-0.05, 0) is 12.1 Å². The molecule has 1 aromatic heterocycles. The second-order valence-corrected chi connectivity index (χ2v) is 8.29. The summed E-state index contributed by atoms with van der Waals surface area (Å²) in [5.74, 6) is 0.120. The van der Waals surface area contributed by atoms with E-state index < -0.39 is 15.6 Å². The maximum absolute atomic E-state index is 13.3. The first-order chi connectivity index (χ1) is 12.8. The second kappa shape index (κ2) is 7.75. The van der Waals surface area contributed by atoms with Crippen LogP contribution in [0.15, 0.2) is 59.4 Å². The summed E-state index contributed by atoms with van der Waals surface area (Å²) >= 11 is 10.7. The van der Waals surface area contributed by atoms with Crippen LogP contribution < -0.4 is 10.4 Å². The molecule has 0 aliphatic heterocycles. The third-order valence-corrected chi connectivity index (χ3v) is 4.48. The number of amides is 1. The van der Waals surface area contributed by atoms with Crippen molar-refractivity contribution in [3.05, 3.63) is 65.0 Å². The van der Waals surface area contributed by atoms with E-state index >= 15 is 0 Å². The number of hydrogen-bond donors (Lipinski definition) is 0. The molecule has 0 N–H and O–H groups in total. The van der Waals surface area contributed by atoms with Crippen molar-refractivity contribution in [2.75, 3.05) is 7.05 Å². The summed E-state index contributed by atoms with van der Waals surface area (Å²) in [5, 5.41) is 0.259. The second-order valence-electron chi connectivity index (χ2n) is 5.31. The Morgan fingerprint density at radius 2 is 1.81 bits per heavy atom. The molecule has 140 valence electrons. The predicted molar refractivity (Wildman–Crippen MR) is 104 cm³/mol. The Morgan fingerprint density at radius 3 is 2.48 bits per heavy atom. The van der Waals surface area contributed by atoms with E-state index in [-0.39, 0.29) is 23.2 Å². The zero-order valence-corrected chi connectivity index (χ0v) is 16.1. The minimum atomic E-state index is -2.73. The molecule has 0 saturated heterocycles. The predicted octanol–water partition coefficient (Wildman–Crippen LogP) is 4.25. The van der Waals surface area contributed by atoms with Gasteiger partial charge < -0.3 is 4.84 Å². The van der Waals surface area contributed by atoms with Crippen molar-refractivity contribution < 1.29 is 14.0 Å². The quantitative estimate of drug-likeness (QED) is 0.459. The van der Waals surface area contributed by atoms with Gasteiger partial charge >= 0.3 is 10.0 Å². The van der Waals surface area contributed by atoms with Crippen molar-refractivity contribution in [1.82, 2.24) is 14.0 Å². The zero-order chi connectivity index (χ0) is 19.6. The molecule has 0 bridgehead atoms. The number of nitrogens with zero attached hydrogens (tertiary/aromatic N) is 3. The Balaban J connectivity index is 2.09. The third-order valence-electron chi connectivity index (χ3n) is 3.44. The number of alkyl halides is 3. The number of para-hydroxylation sites is 1. The van der Waals surface area contributed by atoms with Crippen LogP contribution in [-0.4, -0.2) is 31.1 Å². The molecule has 0 aliphatic carbocycles. The van der Waals surface area contributed by atoms with Gasteiger partial charge in [0.05, 0.1) is 10.9 Å². The van der Waals surface area contributed by atoms with Gasteiger partial charge in [-0.1, -0.05) is 65.7 Å². The van der Waals surface area contributed by atoms with Gasteiger partial charge in [0.2, 0.25) is 0 Å². The van der Waals surface area contributed by atoms with Gasteiger partial charge in [0.15, 0.2) is 5.82 Å². The number of aromatic nitrogens is 2. The summed E-state index contributed by atoms with van der Waals surface area (Å²) in [6.07, 6.45) is -1.06. The van der Waals surface area contributed by atoms with Gasteiger partial charge in [-0.3, -0.25) is 4.79 Å². The van der Waals surface area contributed by atoms with Crippen LogP contribution in [0, 0.1) is 0 Å². The molecule has 1 heterocycles. The molecule has 3 aromatic rings. The average molecular weight is 428 g/mol. The SMILES string of the molecule is CN(SC(F)(Cl)Cl)C(=O)On1c(-c2ccccc2)nc2ccccc2c1=O.